The second-order valence-electron chi connectivity index (χ2n) is 7.22. The second-order valence-corrected chi connectivity index (χ2v) is 7.96. The number of thiophene rings is 1. The summed E-state index contributed by atoms with van der Waals surface area (Å²) in [5.41, 5.74) is 5.15. The SMILES string of the molecule is Cc1cscc1-c1cc(N2CCN(C)CC2)ccc1NC(=O)c1ccc(C#N)o1. The van der Waals surface area contributed by atoms with E-state index >= 15 is 0 Å². The van der Waals surface area contributed by atoms with Crippen molar-refractivity contribution in [1.29, 1.82) is 5.26 Å². The molecular formula is C22H22N4O2S. The van der Waals surface area contributed by atoms with E-state index in [1.165, 1.54) is 17.7 Å². The molecule has 7 heteroatoms. The number of rotatable bonds is 4. The first-order chi connectivity index (χ1) is 14.0. The summed E-state index contributed by atoms with van der Waals surface area (Å²) in [6, 6.07) is 11.1. The maximum Gasteiger partial charge on any atom is 0.291 e. The number of hydrogen-bond donors (Lipinski definition) is 1. The third-order valence-corrected chi connectivity index (χ3v) is 6.07. The summed E-state index contributed by atoms with van der Waals surface area (Å²) in [6.07, 6.45) is 0. The van der Waals surface area contributed by atoms with Crippen molar-refractivity contribution < 1.29 is 9.21 Å². The van der Waals surface area contributed by atoms with Crippen molar-refractivity contribution in [1.82, 2.24) is 4.90 Å². The highest BCUT2D eigenvalue weighted by molar-refractivity contribution is 7.08. The number of aryl methyl sites for hydroxylation is 1. The highest BCUT2D eigenvalue weighted by Crippen LogP contribution is 2.36. The predicted molar refractivity (Wildman–Crippen MR) is 116 cm³/mol. The number of furan rings is 1. The van der Waals surface area contributed by atoms with E-state index in [0.717, 1.165) is 48.7 Å². The third kappa shape index (κ3) is 4.04. The lowest BCUT2D eigenvalue weighted by molar-refractivity contribution is 0.0996. The van der Waals surface area contributed by atoms with Crippen LogP contribution >= 0.6 is 11.3 Å². The fraction of sp³-hybridized carbons (Fsp3) is 0.273. The predicted octanol–water partition coefficient (Wildman–Crippen LogP) is 4.19. The largest absolute Gasteiger partial charge is 0.440 e. The number of likely N-dealkylation sites (N-methyl/N-ethyl adjacent to an activating group) is 1. The van der Waals surface area contributed by atoms with Crippen molar-refractivity contribution in [2.24, 2.45) is 0 Å². The third-order valence-electron chi connectivity index (χ3n) is 5.21. The Balaban J connectivity index is 1.66. The number of anilines is 2. The molecule has 1 fully saturated rings. The molecule has 2 aromatic heterocycles. The fourth-order valence-electron chi connectivity index (χ4n) is 3.47. The molecule has 3 heterocycles. The van der Waals surface area contributed by atoms with Crippen LogP contribution in [0.3, 0.4) is 0 Å². The molecule has 29 heavy (non-hydrogen) atoms. The molecule has 0 bridgehead atoms. The number of nitrogens with zero attached hydrogens (tertiary/aromatic N) is 3. The zero-order chi connectivity index (χ0) is 20.4. The Bertz CT molecular complexity index is 1070. The molecule has 1 N–H and O–H groups in total. The number of carbonyl (C=O) groups is 1. The minimum Gasteiger partial charge on any atom is -0.440 e. The van der Waals surface area contributed by atoms with Gasteiger partial charge < -0.3 is 19.5 Å². The molecule has 1 aromatic carbocycles. The van der Waals surface area contributed by atoms with Crippen LogP contribution in [-0.4, -0.2) is 44.0 Å². The molecule has 4 rings (SSSR count). The summed E-state index contributed by atoms with van der Waals surface area (Å²) in [4.78, 5) is 17.3. The Hall–Kier alpha value is -3.08. The van der Waals surface area contributed by atoms with Crippen LogP contribution in [-0.2, 0) is 0 Å². The Morgan fingerprint density at radius 1 is 1.14 bits per heavy atom. The number of piperazine rings is 1. The van der Waals surface area contributed by atoms with Crippen LogP contribution in [0.1, 0.15) is 21.9 Å². The average Bonchev–Trinajstić information content (AvgIpc) is 3.38. The van der Waals surface area contributed by atoms with Gasteiger partial charge in [-0.25, -0.2) is 0 Å². The topological polar surface area (TPSA) is 72.5 Å². The molecular weight excluding hydrogens is 384 g/mol. The molecule has 0 spiro atoms. The first kappa shape index (κ1) is 19.2. The molecule has 0 atom stereocenters. The standard InChI is InChI=1S/C22H22N4O2S/c1-15-13-29-14-19(15)18-11-16(26-9-7-25(2)8-10-26)3-5-20(18)24-22(27)21-6-4-17(12-23)28-21/h3-6,11,13-14H,7-10H2,1-2H3,(H,24,27). The zero-order valence-corrected chi connectivity index (χ0v) is 17.3. The van der Waals surface area contributed by atoms with E-state index in [9.17, 15) is 4.79 Å². The molecule has 0 aliphatic carbocycles. The maximum atomic E-state index is 12.6. The minimum absolute atomic E-state index is 0.120. The lowest BCUT2D eigenvalue weighted by atomic mass is 10.0. The van der Waals surface area contributed by atoms with Gasteiger partial charge in [-0.1, -0.05) is 0 Å². The van der Waals surface area contributed by atoms with E-state index in [4.69, 9.17) is 9.68 Å². The molecule has 0 unspecified atom stereocenters. The summed E-state index contributed by atoms with van der Waals surface area (Å²) >= 11 is 1.65. The first-order valence-electron chi connectivity index (χ1n) is 9.47. The van der Waals surface area contributed by atoms with Crippen LogP contribution in [0, 0.1) is 18.3 Å². The summed E-state index contributed by atoms with van der Waals surface area (Å²) in [6.45, 7) is 6.10. The summed E-state index contributed by atoms with van der Waals surface area (Å²) in [7, 11) is 2.14. The highest BCUT2D eigenvalue weighted by Gasteiger charge is 2.19. The van der Waals surface area contributed by atoms with Crippen LogP contribution in [0.4, 0.5) is 11.4 Å². The van der Waals surface area contributed by atoms with E-state index in [1.54, 1.807) is 11.3 Å². The molecule has 0 saturated carbocycles. The number of benzene rings is 1. The van der Waals surface area contributed by atoms with Crippen molar-refractivity contribution >= 4 is 28.6 Å². The molecule has 1 saturated heterocycles. The van der Waals surface area contributed by atoms with E-state index in [1.807, 2.05) is 12.1 Å². The normalized spacial score (nSPS) is 14.6. The number of carbonyl (C=O) groups excluding carboxylic acids is 1. The summed E-state index contributed by atoms with van der Waals surface area (Å²) in [5.74, 6) is -0.125. The van der Waals surface area contributed by atoms with Crippen LogP contribution < -0.4 is 10.2 Å². The van der Waals surface area contributed by atoms with Crippen molar-refractivity contribution in [3.63, 3.8) is 0 Å². The van der Waals surface area contributed by atoms with E-state index in [0.29, 0.717) is 0 Å². The lowest BCUT2D eigenvalue weighted by Gasteiger charge is -2.34. The van der Waals surface area contributed by atoms with Crippen molar-refractivity contribution in [3.05, 3.63) is 58.2 Å². The molecule has 1 aliphatic rings. The van der Waals surface area contributed by atoms with E-state index in [2.05, 4.69) is 52.0 Å². The summed E-state index contributed by atoms with van der Waals surface area (Å²) in [5, 5.41) is 16.1. The Kier molecular flexibility index (Phi) is 5.38. The van der Waals surface area contributed by atoms with Crippen LogP contribution in [0.15, 0.2) is 45.5 Å². The Morgan fingerprint density at radius 3 is 2.59 bits per heavy atom. The van der Waals surface area contributed by atoms with Gasteiger partial charge in [-0.2, -0.15) is 16.6 Å². The molecule has 0 radical (unpaired) electrons. The average molecular weight is 407 g/mol. The van der Waals surface area contributed by atoms with Crippen molar-refractivity contribution in [3.8, 4) is 17.2 Å². The summed E-state index contributed by atoms with van der Waals surface area (Å²) < 4.78 is 5.27. The van der Waals surface area contributed by atoms with Gasteiger partial charge in [0, 0.05) is 43.1 Å². The Morgan fingerprint density at radius 2 is 1.93 bits per heavy atom. The van der Waals surface area contributed by atoms with Crippen LogP contribution in [0.5, 0.6) is 0 Å². The molecule has 1 amide bonds. The zero-order valence-electron chi connectivity index (χ0n) is 16.4. The van der Waals surface area contributed by atoms with Gasteiger partial charge in [0.25, 0.3) is 5.91 Å². The van der Waals surface area contributed by atoms with E-state index < -0.39 is 0 Å². The lowest BCUT2D eigenvalue weighted by Crippen LogP contribution is -2.44. The molecule has 1 aliphatic heterocycles. The smallest absolute Gasteiger partial charge is 0.291 e. The van der Waals surface area contributed by atoms with Gasteiger partial charge in [-0.3, -0.25) is 4.79 Å². The van der Waals surface area contributed by atoms with Crippen LogP contribution in [0.2, 0.25) is 0 Å². The van der Waals surface area contributed by atoms with E-state index in [-0.39, 0.29) is 17.4 Å². The number of hydrogen-bond acceptors (Lipinski definition) is 6. The van der Waals surface area contributed by atoms with Crippen LogP contribution in [0.25, 0.3) is 11.1 Å². The van der Waals surface area contributed by atoms with Crippen molar-refractivity contribution in [2.45, 2.75) is 6.92 Å². The maximum absolute atomic E-state index is 12.6. The molecule has 6 nitrogen and oxygen atoms in total. The second kappa shape index (κ2) is 8.11. The number of nitrogens with one attached hydrogen (secondary N) is 1. The highest BCUT2D eigenvalue weighted by atomic mass is 32.1. The number of nitriles is 1. The van der Waals surface area contributed by atoms with Gasteiger partial charge in [-0.05, 0) is 66.2 Å². The first-order valence-corrected chi connectivity index (χ1v) is 10.4. The van der Waals surface area contributed by atoms with Gasteiger partial charge >= 0.3 is 0 Å². The molecule has 148 valence electrons. The molecule has 3 aromatic rings. The van der Waals surface area contributed by atoms with Gasteiger partial charge in [0.2, 0.25) is 5.76 Å². The van der Waals surface area contributed by atoms with Gasteiger partial charge in [0.1, 0.15) is 6.07 Å². The quantitative estimate of drug-likeness (QED) is 0.703. The Labute approximate surface area is 174 Å². The van der Waals surface area contributed by atoms with Gasteiger partial charge in [-0.15, -0.1) is 0 Å². The minimum atomic E-state index is -0.368. The fourth-order valence-corrected chi connectivity index (χ4v) is 4.31. The van der Waals surface area contributed by atoms with Gasteiger partial charge in [0.05, 0.1) is 0 Å². The van der Waals surface area contributed by atoms with Gasteiger partial charge in [0.15, 0.2) is 5.76 Å². The number of amides is 1. The van der Waals surface area contributed by atoms with Crippen molar-refractivity contribution in [2.75, 3.05) is 43.4 Å². The monoisotopic (exact) mass is 406 g/mol.